The van der Waals surface area contributed by atoms with Crippen molar-refractivity contribution in [2.24, 2.45) is 0 Å². The summed E-state index contributed by atoms with van der Waals surface area (Å²) in [5.74, 6) is 0. The maximum absolute atomic E-state index is 4.24. The van der Waals surface area contributed by atoms with Crippen molar-refractivity contribution in [1.29, 1.82) is 0 Å². The Morgan fingerprint density at radius 3 is 2.66 bits per heavy atom. The highest BCUT2D eigenvalue weighted by atomic mass is 15.0. The lowest BCUT2D eigenvalue weighted by atomic mass is 9.83. The summed E-state index contributed by atoms with van der Waals surface area (Å²) in [6.07, 6.45) is 17.3. The number of hydrogen-bond acceptors (Lipinski definition) is 1. The second kappa shape index (κ2) is 9.35. The van der Waals surface area contributed by atoms with E-state index < -0.39 is 0 Å². The van der Waals surface area contributed by atoms with Crippen LogP contribution in [-0.4, -0.2) is 14.1 Å². The lowest BCUT2D eigenvalue weighted by molar-refractivity contribution is 0.645. The largest absolute Gasteiger partial charge is 0.332 e. The third-order valence-corrected chi connectivity index (χ3v) is 8.76. The molecule has 1 aliphatic heterocycles. The number of allylic oxidation sites excluding steroid dienone is 4. The van der Waals surface area contributed by atoms with Gasteiger partial charge in [-0.15, -0.1) is 0 Å². The normalized spacial score (nSPS) is 16.6. The minimum absolute atomic E-state index is 0.271. The van der Waals surface area contributed by atoms with Gasteiger partial charge in [0, 0.05) is 56.1 Å². The van der Waals surface area contributed by atoms with Crippen LogP contribution in [-0.2, 0) is 0 Å². The fourth-order valence-corrected chi connectivity index (χ4v) is 7.10. The van der Waals surface area contributed by atoms with Crippen LogP contribution in [0.4, 0.5) is 0 Å². The highest BCUT2D eigenvalue weighted by Crippen LogP contribution is 2.50. The van der Waals surface area contributed by atoms with Crippen LogP contribution in [0, 0.1) is 0 Å². The van der Waals surface area contributed by atoms with Crippen LogP contribution in [0.2, 0.25) is 0 Å². The van der Waals surface area contributed by atoms with Crippen LogP contribution in [0.3, 0.4) is 0 Å². The van der Waals surface area contributed by atoms with E-state index in [2.05, 4.69) is 137 Å². The van der Waals surface area contributed by atoms with E-state index in [1.165, 1.54) is 71.6 Å². The maximum Gasteiger partial charge on any atom is 0.0633 e. The van der Waals surface area contributed by atoms with E-state index in [0.717, 1.165) is 12.8 Å². The van der Waals surface area contributed by atoms with Crippen molar-refractivity contribution in [1.82, 2.24) is 14.1 Å². The number of para-hydroxylation sites is 1. The molecule has 3 aromatic heterocycles. The van der Waals surface area contributed by atoms with Crippen LogP contribution < -0.4 is 10.6 Å². The fourth-order valence-electron chi connectivity index (χ4n) is 7.10. The molecule has 3 heteroatoms. The van der Waals surface area contributed by atoms with Gasteiger partial charge < -0.3 is 9.13 Å². The monoisotopic (exact) mass is 529 g/mol. The van der Waals surface area contributed by atoms with Gasteiger partial charge in [-0.05, 0) is 72.9 Å². The molecule has 3 aromatic carbocycles. The molecule has 1 atom stereocenters. The van der Waals surface area contributed by atoms with Gasteiger partial charge in [-0.2, -0.15) is 0 Å². The Kier molecular flexibility index (Phi) is 5.46. The third-order valence-electron chi connectivity index (χ3n) is 8.76. The molecule has 4 heterocycles. The number of benzene rings is 3. The molecule has 0 saturated carbocycles. The van der Waals surface area contributed by atoms with Gasteiger partial charge in [0.25, 0.3) is 0 Å². The van der Waals surface area contributed by atoms with Crippen molar-refractivity contribution in [3.05, 3.63) is 126 Å². The standard InChI is InChI=1S/C38H31N3/c1-3-10-29-30-17-18-32-36-24-27-11-5-7-15-34(27)41(36)35-16-8-6-14-31(35)37(32)38(30)40(33(29)4-2)28-13-9-12-26(23-28)25-19-21-39-22-20-25/h4-15,17-24,35H,3,16H2,1-2H3/b29-10-,33-4+. The summed E-state index contributed by atoms with van der Waals surface area (Å²) in [5.41, 5.74) is 11.5. The second-order valence-corrected chi connectivity index (χ2v) is 11.0. The molecule has 0 amide bonds. The molecule has 3 nitrogen and oxygen atoms in total. The van der Waals surface area contributed by atoms with Crippen molar-refractivity contribution < 1.29 is 0 Å². The summed E-state index contributed by atoms with van der Waals surface area (Å²) in [5, 5.41) is 5.17. The number of nitrogens with zero attached hydrogens (tertiary/aromatic N) is 3. The SMILES string of the molecule is C/C=c1\c(=C/CC)c2ccc3c(c2n1-c1cccc(-c2ccncc2)c1)C1=CC=CCC1n1c-3cc2ccccc21. The maximum atomic E-state index is 4.24. The number of aromatic nitrogens is 3. The Morgan fingerprint density at radius 2 is 1.80 bits per heavy atom. The van der Waals surface area contributed by atoms with E-state index >= 15 is 0 Å². The van der Waals surface area contributed by atoms with Gasteiger partial charge in [0.1, 0.15) is 0 Å². The topological polar surface area (TPSA) is 22.8 Å². The minimum atomic E-state index is 0.271. The quantitative estimate of drug-likeness (QED) is 0.227. The molecule has 0 spiro atoms. The first-order valence-corrected chi connectivity index (χ1v) is 14.6. The molecule has 8 rings (SSSR count). The van der Waals surface area contributed by atoms with Gasteiger partial charge >= 0.3 is 0 Å². The van der Waals surface area contributed by atoms with E-state index in [4.69, 9.17) is 0 Å². The van der Waals surface area contributed by atoms with Crippen LogP contribution >= 0.6 is 0 Å². The first kappa shape index (κ1) is 24.0. The average molecular weight is 530 g/mol. The van der Waals surface area contributed by atoms with Gasteiger partial charge in [-0.3, -0.25) is 4.98 Å². The molecule has 0 bridgehead atoms. The molecule has 6 aromatic rings. The minimum Gasteiger partial charge on any atom is -0.332 e. The molecule has 1 unspecified atom stereocenters. The molecular weight excluding hydrogens is 498 g/mol. The van der Waals surface area contributed by atoms with Crippen molar-refractivity contribution >= 4 is 39.5 Å². The molecule has 0 fully saturated rings. The van der Waals surface area contributed by atoms with E-state index in [-0.39, 0.29) is 6.04 Å². The number of pyridine rings is 1. The molecule has 0 saturated heterocycles. The van der Waals surface area contributed by atoms with Gasteiger partial charge in [-0.1, -0.05) is 79.8 Å². The third kappa shape index (κ3) is 3.48. The van der Waals surface area contributed by atoms with Crippen LogP contribution in [0.15, 0.2) is 109 Å². The van der Waals surface area contributed by atoms with Crippen LogP contribution in [0.25, 0.3) is 67.6 Å². The zero-order valence-electron chi connectivity index (χ0n) is 23.4. The average Bonchev–Trinajstić information content (AvgIpc) is 3.58. The summed E-state index contributed by atoms with van der Waals surface area (Å²) < 4.78 is 5.08. The summed E-state index contributed by atoms with van der Waals surface area (Å²) in [6, 6.07) is 29.3. The van der Waals surface area contributed by atoms with Crippen molar-refractivity contribution in [3.8, 4) is 28.1 Å². The van der Waals surface area contributed by atoms with Crippen LogP contribution in [0.1, 0.15) is 38.3 Å². The predicted octanol–water partition coefficient (Wildman–Crippen LogP) is 8.20. The highest BCUT2D eigenvalue weighted by molar-refractivity contribution is 6.05. The zero-order valence-corrected chi connectivity index (χ0v) is 23.4. The van der Waals surface area contributed by atoms with E-state index in [1.54, 1.807) is 0 Å². The first-order chi connectivity index (χ1) is 20.3. The molecule has 2 aliphatic rings. The summed E-state index contributed by atoms with van der Waals surface area (Å²) in [4.78, 5) is 4.24. The van der Waals surface area contributed by atoms with E-state index in [9.17, 15) is 0 Å². The van der Waals surface area contributed by atoms with Crippen LogP contribution in [0.5, 0.6) is 0 Å². The summed E-state index contributed by atoms with van der Waals surface area (Å²) in [7, 11) is 0. The molecule has 0 radical (unpaired) electrons. The highest BCUT2D eigenvalue weighted by Gasteiger charge is 2.33. The second-order valence-electron chi connectivity index (χ2n) is 11.0. The molecular formula is C38H31N3. The Morgan fingerprint density at radius 1 is 0.927 bits per heavy atom. The Bertz CT molecular complexity index is 2170. The molecule has 41 heavy (non-hydrogen) atoms. The fraction of sp³-hybridized carbons (Fsp3) is 0.132. The van der Waals surface area contributed by atoms with Crippen molar-refractivity contribution in [2.45, 2.75) is 32.7 Å². The molecule has 0 N–H and O–H groups in total. The van der Waals surface area contributed by atoms with Gasteiger partial charge in [-0.25, -0.2) is 0 Å². The number of hydrogen-bond donors (Lipinski definition) is 0. The van der Waals surface area contributed by atoms with E-state index in [1.807, 2.05) is 12.4 Å². The predicted molar refractivity (Wildman–Crippen MR) is 172 cm³/mol. The number of fused-ring (bicyclic) bond motifs is 10. The van der Waals surface area contributed by atoms with Gasteiger partial charge in [0.05, 0.1) is 17.3 Å². The van der Waals surface area contributed by atoms with Crippen molar-refractivity contribution in [2.75, 3.05) is 0 Å². The Labute approximate surface area is 239 Å². The lowest BCUT2D eigenvalue weighted by Gasteiger charge is -2.33. The van der Waals surface area contributed by atoms with Crippen molar-refractivity contribution in [3.63, 3.8) is 0 Å². The summed E-state index contributed by atoms with van der Waals surface area (Å²) >= 11 is 0. The Balaban J connectivity index is 1.53. The molecule has 198 valence electrons. The van der Waals surface area contributed by atoms with Gasteiger partial charge in [0.15, 0.2) is 0 Å². The Hall–Kier alpha value is -4.89. The first-order valence-electron chi connectivity index (χ1n) is 14.6. The smallest absolute Gasteiger partial charge is 0.0633 e. The lowest BCUT2D eigenvalue weighted by Crippen LogP contribution is -2.28. The zero-order chi connectivity index (χ0) is 27.5. The van der Waals surface area contributed by atoms with Gasteiger partial charge in [0.2, 0.25) is 0 Å². The molecule has 1 aliphatic carbocycles. The summed E-state index contributed by atoms with van der Waals surface area (Å²) in [6.45, 7) is 4.40. The number of rotatable bonds is 3. The van der Waals surface area contributed by atoms with E-state index in [0.29, 0.717) is 0 Å².